The number of benzene rings is 1. The van der Waals surface area contributed by atoms with Gasteiger partial charge in [-0.05, 0) is 37.1 Å². The van der Waals surface area contributed by atoms with Crippen molar-refractivity contribution in [2.45, 2.75) is 25.4 Å². The van der Waals surface area contributed by atoms with Crippen molar-refractivity contribution < 1.29 is 4.79 Å². The Kier molecular flexibility index (Phi) is 3.33. The third kappa shape index (κ3) is 2.29. The van der Waals surface area contributed by atoms with E-state index in [0.29, 0.717) is 5.56 Å². The van der Waals surface area contributed by atoms with Crippen LogP contribution in [0.1, 0.15) is 24.0 Å². The highest BCUT2D eigenvalue weighted by molar-refractivity contribution is 5.59. The largest absolute Gasteiger partial charge is 0.289 e. The second-order valence-electron chi connectivity index (χ2n) is 4.06. The van der Waals surface area contributed by atoms with E-state index in [-0.39, 0.29) is 6.04 Å². The lowest BCUT2D eigenvalue weighted by Gasteiger charge is -2.19. The fourth-order valence-electron chi connectivity index (χ4n) is 2.07. The lowest BCUT2D eigenvalue weighted by Crippen LogP contribution is -2.29. The topological polar surface area (TPSA) is 44.1 Å². The Balaban J connectivity index is 2.03. The minimum absolute atomic E-state index is 0.0457. The molecule has 0 amide bonds. The predicted molar refractivity (Wildman–Crippen MR) is 60.3 cm³/mol. The van der Waals surface area contributed by atoms with Crippen molar-refractivity contribution in [3.05, 3.63) is 35.4 Å². The third-order valence-electron chi connectivity index (χ3n) is 2.97. The maximum absolute atomic E-state index is 10.7. The van der Waals surface area contributed by atoms with Gasteiger partial charge in [0.1, 0.15) is 0 Å². The normalized spacial score (nSPS) is 20.6. The van der Waals surface area contributed by atoms with Gasteiger partial charge in [0.2, 0.25) is 6.29 Å². The molecule has 1 aliphatic rings. The highest BCUT2D eigenvalue weighted by Gasteiger charge is 2.24. The molecule has 1 heterocycles. The fraction of sp³-hybridized carbons (Fsp3) is 0.385. The number of nitrogens with zero attached hydrogens (tertiary/aromatic N) is 2. The molecule has 3 nitrogen and oxygen atoms in total. The molecule has 0 bridgehead atoms. The number of likely N-dealkylation sites (tertiary alicyclic amines) is 1. The number of hydrogen-bond acceptors (Lipinski definition) is 3. The first-order valence-electron chi connectivity index (χ1n) is 5.44. The maximum Gasteiger partial charge on any atom is 0.217 e. The Morgan fingerprint density at radius 3 is 2.75 bits per heavy atom. The van der Waals surface area contributed by atoms with Crippen LogP contribution in [0, 0.1) is 11.3 Å². The van der Waals surface area contributed by atoms with Crippen molar-refractivity contribution in [2.24, 2.45) is 0 Å². The number of rotatable bonds is 3. The molecule has 1 aromatic rings. The average Bonchev–Trinajstić information content (AvgIpc) is 2.77. The summed E-state index contributed by atoms with van der Waals surface area (Å²) in [5.74, 6) is 0. The van der Waals surface area contributed by atoms with Gasteiger partial charge in [-0.1, -0.05) is 12.1 Å². The van der Waals surface area contributed by atoms with Crippen LogP contribution in [0.2, 0.25) is 0 Å². The molecule has 2 rings (SSSR count). The van der Waals surface area contributed by atoms with Crippen LogP contribution in [-0.2, 0) is 11.3 Å². The summed E-state index contributed by atoms with van der Waals surface area (Å²) in [6, 6.07) is 9.55. The summed E-state index contributed by atoms with van der Waals surface area (Å²) >= 11 is 0. The highest BCUT2D eigenvalue weighted by atomic mass is 16.1. The van der Waals surface area contributed by atoms with Crippen molar-refractivity contribution in [1.29, 1.82) is 5.26 Å². The molecule has 1 unspecified atom stereocenters. The van der Waals surface area contributed by atoms with Crippen LogP contribution in [-0.4, -0.2) is 23.8 Å². The predicted octanol–water partition coefficient (Wildman–Crippen LogP) is 1.63. The van der Waals surface area contributed by atoms with Crippen LogP contribution in [0.5, 0.6) is 0 Å². The van der Waals surface area contributed by atoms with Gasteiger partial charge in [-0.3, -0.25) is 9.69 Å². The summed E-state index contributed by atoms with van der Waals surface area (Å²) < 4.78 is 0. The zero-order chi connectivity index (χ0) is 11.4. The Hall–Kier alpha value is -1.66. The van der Waals surface area contributed by atoms with E-state index in [4.69, 9.17) is 5.26 Å². The van der Waals surface area contributed by atoms with Gasteiger partial charge in [0.25, 0.3) is 0 Å². The smallest absolute Gasteiger partial charge is 0.217 e. The summed E-state index contributed by atoms with van der Waals surface area (Å²) in [6.07, 6.45) is 4.06. The fourth-order valence-corrected chi connectivity index (χ4v) is 2.07. The Labute approximate surface area is 95.3 Å². The number of carbonyl (C=O) groups excluding carboxylic acids is 1. The van der Waals surface area contributed by atoms with Crippen LogP contribution in [0.25, 0.3) is 0 Å². The molecule has 3 heteroatoms. The number of hydrogen-bond donors (Lipinski definition) is 0. The van der Waals surface area contributed by atoms with E-state index in [1.165, 1.54) is 0 Å². The quantitative estimate of drug-likeness (QED) is 0.766. The first-order valence-corrected chi connectivity index (χ1v) is 5.44. The molecule has 0 aromatic heterocycles. The molecular formula is C13H13N2O. The lowest BCUT2D eigenvalue weighted by atomic mass is 10.1. The molecule has 1 saturated heterocycles. The van der Waals surface area contributed by atoms with Crippen LogP contribution in [0.3, 0.4) is 0 Å². The third-order valence-corrected chi connectivity index (χ3v) is 2.97. The summed E-state index contributed by atoms with van der Waals surface area (Å²) in [5, 5.41) is 8.68. The van der Waals surface area contributed by atoms with Crippen LogP contribution in [0.15, 0.2) is 24.3 Å². The van der Waals surface area contributed by atoms with Gasteiger partial charge in [-0.15, -0.1) is 0 Å². The Morgan fingerprint density at radius 1 is 1.38 bits per heavy atom. The molecule has 0 spiro atoms. The second kappa shape index (κ2) is 4.91. The van der Waals surface area contributed by atoms with E-state index < -0.39 is 0 Å². The van der Waals surface area contributed by atoms with Gasteiger partial charge in [-0.25, -0.2) is 0 Å². The van der Waals surface area contributed by atoms with E-state index in [0.717, 1.165) is 31.5 Å². The van der Waals surface area contributed by atoms with Crippen LogP contribution < -0.4 is 0 Å². The van der Waals surface area contributed by atoms with Gasteiger partial charge in [0.15, 0.2) is 0 Å². The summed E-state index contributed by atoms with van der Waals surface area (Å²) in [5.41, 5.74) is 1.81. The minimum Gasteiger partial charge on any atom is -0.289 e. The van der Waals surface area contributed by atoms with Gasteiger partial charge in [-0.2, -0.15) is 5.26 Å². The minimum atomic E-state index is -0.0457. The van der Waals surface area contributed by atoms with E-state index in [2.05, 4.69) is 17.3 Å². The molecule has 81 valence electrons. The zero-order valence-electron chi connectivity index (χ0n) is 9.02. The highest BCUT2D eigenvalue weighted by Crippen LogP contribution is 2.18. The molecule has 16 heavy (non-hydrogen) atoms. The van der Waals surface area contributed by atoms with E-state index in [1.807, 2.05) is 24.3 Å². The molecule has 1 fully saturated rings. The molecule has 1 radical (unpaired) electrons. The molecule has 0 aliphatic carbocycles. The molecular weight excluding hydrogens is 200 g/mol. The average molecular weight is 213 g/mol. The van der Waals surface area contributed by atoms with E-state index in [9.17, 15) is 4.79 Å². The monoisotopic (exact) mass is 213 g/mol. The van der Waals surface area contributed by atoms with Crippen molar-refractivity contribution in [3.63, 3.8) is 0 Å². The maximum atomic E-state index is 10.7. The molecule has 1 aliphatic heterocycles. The number of nitriles is 1. The SMILES string of the molecule is N#Cc1ccc(CN2CCCC2[C]=O)cc1. The summed E-state index contributed by atoms with van der Waals surface area (Å²) in [4.78, 5) is 12.8. The Morgan fingerprint density at radius 2 is 2.12 bits per heavy atom. The van der Waals surface area contributed by atoms with Gasteiger partial charge in [0, 0.05) is 6.54 Å². The zero-order valence-corrected chi connectivity index (χ0v) is 9.02. The Bertz CT molecular complexity index is 405. The molecule has 0 N–H and O–H groups in total. The molecule has 1 aromatic carbocycles. The van der Waals surface area contributed by atoms with Gasteiger partial charge < -0.3 is 0 Å². The van der Waals surface area contributed by atoms with E-state index in [1.54, 1.807) is 0 Å². The van der Waals surface area contributed by atoms with Crippen LogP contribution >= 0.6 is 0 Å². The molecule has 0 saturated carbocycles. The standard InChI is InChI=1S/C13H13N2O/c14-8-11-3-5-12(6-4-11)9-15-7-1-2-13(15)10-16/h3-6,13H,1-2,7,9H2. The lowest BCUT2D eigenvalue weighted by molar-refractivity contribution is 0.288. The van der Waals surface area contributed by atoms with Crippen molar-refractivity contribution in [1.82, 2.24) is 4.90 Å². The van der Waals surface area contributed by atoms with Gasteiger partial charge in [0.05, 0.1) is 17.7 Å². The first kappa shape index (κ1) is 10.8. The van der Waals surface area contributed by atoms with Gasteiger partial charge >= 0.3 is 0 Å². The van der Waals surface area contributed by atoms with Crippen LogP contribution in [0.4, 0.5) is 0 Å². The summed E-state index contributed by atoms with van der Waals surface area (Å²) in [7, 11) is 0. The van der Waals surface area contributed by atoms with E-state index >= 15 is 0 Å². The second-order valence-corrected chi connectivity index (χ2v) is 4.06. The van der Waals surface area contributed by atoms with Crippen molar-refractivity contribution >= 4 is 6.29 Å². The molecule has 1 atom stereocenters. The summed E-state index contributed by atoms with van der Waals surface area (Å²) in [6.45, 7) is 1.73. The van der Waals surface area contributed by atoms with Crippen molar-refractivity contribution in [2.75, 3.05) is 6.54 Å². The first-order chi connectivity index (χ1) is 7.83. The van der Waals surface area contributed by atoms with Crippen molar-refractivity contribution in [3.8, 4) is 6.07 Å².